The van der Waals surface area contributed by atoms with Crippen molar-refractivity contribution in [3.8, 4) is 0 Å². The topological polar surface area (TPSA) is 81.1 Å². The third kappa shape index (κ3) is 2.04. The van der Waals surface area contributed by atoms with Crippen molar-refractivity contribution in [2.24, 2.45) is 5.41 Å². The molecule has 14 heavy (non-hydrogen) atoms. The molecule has 1 aromatic rings. The van der Waals surface area contributed by atoms with Crippen LogP contribution in [-0.2, 0) is 11.3 Å². The van der Waals surface area contributed by atoms with Crippen molar-refractivity contribution >= 4 is 11.7 Å². The Morgan fingerprint density at radius 3 is 2.64 bits per heavy atom. The minimum Gasteiger partial charge on any atom is -0.481 e. The molecule has 0 aromatic carbocycles. The van der Waals surface area contributed by atoms with Crippen LogP contribution in [0.25, 0.3) is 0 Å². The Hall–Kier alpha value is -1.52. The molecule has 0 aliphatic carbocycles. The van der Waals surface area contributed by atoms with Crippen LogP contribution in [0, 0.1) is 12.3 Å². The van der Waals surface area contributed by atoms with Crippen LogP contribution in [0.3, 0.4) is 0 Å². The smallest absolute Gasteiger partial charge is 0.310 e. The van der Waals surface area contributed by atoms with E-state index in [1.807, 2.05) is 0 Å². The number of carbonyl (C=O) groups is 1. The van der Waals surface area contributed by atoms with E-state index in [1.54, 1.807) is 31.6 Å². The van der Waals surface area contributed by atoms with E-state index in [0.717, 1.165) is 5.69 Å². The van der Waals surface area contributed by atoms with Crippen molar-refractivity contribution in [2.45, 2.75) is 27.3 Å². The summed E-state index contributed by atoms with van der Waals surface area (Å²) in [5.41, 5.74) is 6.09. The van der Waals surface area contributed by atoms with Gasteiger partial charge in [-0.2, -0.15) is 5.10 Å². The first-order chi connectivity index (χ1) is 6.33. The number of nitrogens with zero attached hydrogens (tertiary/aromatic N) is 2. The summed E-state index contributed by atoms with van der Waals surface area (Å²) in [6, 6.07) is 0. The summed E-state index contributed by atoms with van der Waals surface area (Å²) < 4.78 is 1.57. The van der Waals surface area contributed by atoms with Crippen molar-refractivity contribution in [3.63, 3.8) is 0 Å². The van der Waals surface area contributed by atoms with Gasteiger partial charge in [-0.25, -0.2) is 0 Å². The van der Waals surface area contributed by atoms with E-state index in [0.29, 0.717) is 12.2 Å². The molecule has 1 aromatic heterocycles. The number of nitrogen functional groups attached to an aromatic ring is 1. The van der Waals surface area contributed by atoms with Gasteiger partial charge in [-0.1, -0.05) is 0 Å². The van der Waals surface area contributed by atoms with Crippen LogP contribution in [0.1, 0.15) is 19.5 Å². The Kier molecular flexibility index (Phi) is 2.51. The number of hydrogen-bond donors (Lipinski definition) is 2. The Morgan fingerprint density at radius 2 is 2.29 bits per heavy atom. The quantitative estimate of drug-likeness (QED) is 0.753. The Morgan fingerprint density at radius 1 is 1.71 bits per heavy atom. The van der Waals surface area contributed by atoms with Gasteiger partial charge in [-0.3, -0.25) is 9.48 Å². The highest BCUT2D eigenvalue weighted by Gasteiger charge is 2.28. The van der Waals surface area contributed by atoms with E-state index >= 15 is 0 Å². The average Bonchev–Trinajstić information content (AvgIpc) is 2.29. The van der Waals surface area contributed by atoms with Gasteiger partial charge in [0.1, 0.15) is 0 Å². The first-order valence-electron chi connectivity index (χ1n) is 4.36. The molecule has 0 aliphatic heterocycles. The van der Waals surface area contributed by atoms with Crippen LogP contribution in [0.4, 0.5) is 5.69 Å². The van der Waals surface area contributed by atoms with E-state index in [4.69, 9.17) is 10.8 Å². The second-order valence-electron chi connectivity index (χ2n) is 4.06. The van der Waals surface area contributed by atoms with Crippen LogP contribution in [0.2, 0.25) is 0 Å². The number of rotatable bonds is 3. The van der Waals surface area contributed by atoms with Crippen molar-refractivity contribution < 1.29 is 9.90 Å². The monoisotopic (exact) mass is 197 g/mol. The van der Waals surface area contributed by atoms with Crippen LogP contribution in [0.15, 0.2) is 6.20 Å². The number of nitrogens with two attached hydrogens (primary N) is 1. The highest BCUT2D eigenvalue weighted by Crippen LogP contribution is 2.19. The zero-order valence-electron chi connectivity index (χ0n) is 8.61. The molecule has 0 atom stereocenters. The van der Waals surface area contributed by atoms with Gasteiger partial charge in [0.2, 0.25) is 0 Å². The number of carboxylic acid groups (broad SMARTS) is 1. The van der Waals surface area contributed by atoms with Gasteiger partial charge in [0.15, 0.2) is 0 Å². The third-order valence-electron chi connectivity index (χ3n) is 2.12. The first-order valence-corrected chi connectivity index (χ1v) is 4.36. The molecule has 0 aliphatic rings. The molecule has 0 amide bonds. The SMILES string of the molecule is Cc1nn(CC(C)(C)C(=O)O)cc1N. The lowest BCUT2D eigenvalue weighted by Gasteiger charge is -2.18. The molecule has 0 bridgehead atoms. The van der Waals surface area contributed by atoms with Crippen LogP contribution >= 0.6 is 0 Å². The number of hydrogen-bond acceptors (Lipinski definition) is 3. The molecule has 1 rings (SSSR count). The molecule has 0 radical (unpaired) electrons. The maximum Gasteiger partial charge on any atom is 0.310 e. The maximum absolute atomic E-state index is 10.8. The summed E-state index contributed by atoms with van der Waals surface area (Å²) in [5, 5.41) is 13.0. The number of aliphatic carboxylic acids is 1. The second-order valence-corrected chi connectivity index (χ2v) is 4.06. The Balaban J connectivity index is 2.84. The Labute approximate surface area is 82.5 Å². The van der Waals surface area contributed by atoms with Gasteiger partial charge < -0.3 is 10.8 Å². The predicted molar refractivity (Wildman–Crippen MR) is 52.8 cm³/mol. The van der Waals surface area contributed by atoms with E-state index in [2.05, 4.69) is 5.10 Å². The maximum atomic E-state index is 10.8. The summed E-state index contributed by atoms with van der Waals surface area (Å²) >= 11 is 0. The van der Waals surface area contributed by atoms with E-state index < -0.39 is 11.4 Å². The van der Waals surface area contributed by atoms with Crippen LogP contribution in [-0.4, -0.2) is 20.9 Å². The fraction of sp³-hybridized carbons (Fsp3) is 0.556. The zero-order chi connectivity index (χ0) is 10.9. The van der Waals surface area contributed by atoms with E-state index in [9.17, 15) is 4.79 Å². The summed E-state index contributed by atoms with van der Waals surface area (Å²) in [4.78, 5) is 10.8. The van der Waals surface area contributed by atoms with Gasteiger partial charge in [0, 0.05) is 6.20 Å². The largest absolute Gasteiger partial charge is 0.481 e. The molecule has 0 spiro atoms. The standard InChI is InChI=1S/C9H15N3O2/c1-6-7(10)4-12(11-6)5-9(2,3)8(13)14/h4H,5,10H2,1-3H3,(H,13,14). The van der Waals surface area contributed by atoms with Gasteiger partial charge in [0.05, 0.1) is 23.3 Å². The molecule has 1 heterocycles. The van der Waals surface area contributed by atoms with Crippen molar-refractivity contribution in [1.82, 2.24) is 9.78 Å². The molecular weight excluding hydrogens is 182 g/mol. The van der Waals surface area contributed by atoms with Crippen molar-refractivity contribution in [2.75, 3.05) is 5.73 Å². The molecule has 0 unspecified atom stereocenters. The number of anilines is 1. The summed E-state index contributed by atoms with van der Waals surface area (Å²) in [5.74, 6) is -0.843. The molecule has 3 N–H and O–H groups in total. The molecule has 5 nitrogen and oxygen atoms in total. The van der Waals surface area contributed by atoms with Crippen LogP contribution < -0.4 is 5.73 Å². The van der Waals surface area contributed by atoms with Gasteiger partial charge in [-0.05, 0) is 20.8 Å². The fourth-order valence-corrected chi connectivity index (χ4v) is 1.09. The number of aromatic nitrogens is 2. The summed E-state index contributed by atoms with van der Waals surface area (Å²) in [6.07, 6.45) is 1.65. The first kappa shape index (κ1) is 10.6. The Bertz CT molecular complexity index is 335. The normalized spacial score (nSPS) is 11.6. The molecule has 0 saturated carbocycles. The second kappa shape index (κ2) is 3.32. The van der Waals surface area contributed by atoms with Gasteiger partial charge in [-0.15, -0.1) is 0 Å². The number of aryl methyl sites for hydroxylation is 1. The average molecular weight is 197 g/mol. The summed E-state index contributed by atoms with van der Waals surface area (Å²) in [6.45, 7) is 5.42. The number of carboxylic acids is 1. The lowest BCUT2D eigenvalue weighted by atomic mass is 9.94. The minimum atomic E-state index is -0.843. The third-order valence-corrected chi connectivity index (χ3v) is 2.12. The lowest BCUT2D eigenvalue weighted by Crippen LogP contribution is -2.29. The minimum absolute atomic E-state index is 0.320. The van der Waals surface area contributed by atoms with E-state index in [1.165, 1.54) is 0 Å². The van der Waals surface area contributed by atoms with Crippen molar-refractivity contribution in [3.05, 3.63) is 11.9 Å². The highest BCUT2D eigenvalue weighted by molar-refractivity contribution is 5.73. The van der Waals surface area contributed by atoms with Gasteiger partial charge in [0.25, 0.3) is 0 Å². The van der Waals surface area contributed by atoms with Crippen LogP contribution in [0.5, 0.6) is 0 Å². The zero-order valence-corrected chi connectivity index (χ0v) is 8.61. The molecular formula is C9H15N3O2. The molecule has 78 valence electrons. The molecule has 0 saturated heterocycles. The predicted octanol–water partition coefficient (Wildman–Crippen LogP) is 0.885. The molecule has 5 heteroatoms. The summed E-state index contributed by atoms with van der Waals surface area (Å²) in [7, 11) is 0. The van der Waals surface area contributed by atoms with E-state index in [-0.39, 0.29) is 0 Å². The highest BCUT2D eigenvalue weighted by atomic mass is 16.4. The lowest BCUT2D eigenvalue weighted by molar-refractivity contribution is -0.147. The molecule has 0 fully saturated rings. The fourth-order valence-electron chi connectivity index (χ4n) is 1.09. The van der Waals surface area contributed by atoms with Crippen molar-refractivity contribution in [1.29, 1.82) is 0 Å². The van der Waals surface area contributed by atoms with Gasteiger partial charge >= 0.3 is 5.97 Å².